The van der Waals surface area contributed by atoms with Crippen LogP contribution in [0, 0.1) is 13.8 Å². The number of nitrogens with one attached hydrogen (secondary N) is 1. The number of aryl methyl sites for hydroxylation is 2. The number of amides is 1. The maximum Gasteiger partial charge on any atom is 0.245 e. The molecule has 0 aliphatic heterocycles. The molecule has 9 heteroatoms. The minimum atomic E-state index is -0.0806. The van der Waals surface area contributed by atoms with E-state index in [9.17, 15) is 4.79 Å². The number of anilines is 2. The third kappa shape index (κ3) is 7.86. The first kappa shape index (κ1) is 29.8. The lowest BCUT2D eigenvalue weighted by atomic mass is 10.1. The lowest BCUT2D eigenvalue weighted by Crippen LogP contribution is -2.30. The fraction of sp³-hybridized carbons (Fsp3) is 0.258. The van der Waals surface area contributed by atoms with Crippen LogP contribution in [0.1, 0.15) is 24.5 Å². The Morgan fingerprint density at radius 1 is 1.12 bits per heavy atom. The first-order valence-electron chi connectivity index (χ1n) is 13.0. The molecule has 0 atom stereocenters. The predicted molar refractivity (Wildman–Crippen MR) is 163 cm³/mol. The molecule has 1 heterocycles. The van der Waals surface area contributed by atoms with E-state index < -0.39 is 0 Å². The summed E-state index contributed by atoms with van der Waals surface area (Å²) in [6, 6.07) is 9.71. The minimum Gasteiger partial charge on any atom is -0.492 e. The number of carbonyl (C=O) groups is 1. The van der Waals surface area contributed by atoms with Crippen molar-refractivity contribution in [3.8, 4) is 11.5 Å². The molecule has 0 saturated carbocycles. The molecular weight excluding hydrogens is 504 g/mol. The Morgan fingerprint density at radius 2 is 1.95 bits per heavy atom. The van der Waals surface area contributed by atoms with Crippen LogP contribution in [0.3, 0.4) is 0 Å². The van der Waals surface area contributed by atoms with E-state index >= 15 is 0 Å². The molecule has 0 saturated heterocycles. The van der Waals surface area contributed by atoms with Crippen LogP contribution >= 0.6 is 0 Å². The third-order valence-electron chi connectivity index (χ3n) is 6.01. The minimum absolute atomic E-state index is 0.0806. The normalized spacial score (nSPS) is 11.7. The van der Waals surface area contributed by atoms with Gasteiger partial charge in [-0.05, 0) is 80.8 Å². The monoisotopic (exact) mass is 540 g/mol. The highest BCUT2D eigenvalue weighted by Gasteiger charge is 2.15. The number of aromatic nitrogens is 2. The Morgan fingerprint density at radius 3 is 2.65 bits per heavy atom. The van der Waals surface area contributed by atoms with Crippen LogP contribution in [0.15, 0.2) is 83.8 Å². The SMILES string of the molecule is C=CC(=O)N(CC)CCCOc1c(C)ccc2ncnc(Nc3ccc(O/C(C=C)=C/C=NC=NC)c(C)c3)c12. The predicted octanol–water partition coefficient (Wildman–Crippen LogP) is 5.97. The number of hydrogen-bond acceptors (Lipinski definition) is 7. The molecule has 9 nitrogen and oxygen atoms in total. The molecule has 0 aliphatic carbocycles. The number of allylic oxidation sites excluding steroid dienone is 2. The van der Waals surface area contributed by atoms with Crippen molar-refractivity contribution < 1.29 is 14.3 Å². The highest BCUT2D eigenvalue weighted by molar-refractivity contribution is 5.96. The lowest BCUT2D eigenvalue weighted by Gasteiger charge is -2.20. The molecule has 1 aromatic heterocycles. The van der Waals surface area contributed by atoms with Crippen molar-refractivity contribution in [1.29, 1.82) is 0 Å². The molecule has 3 aromatic rings. The summed E-state index contributed by atoms with van der Waals surface area (Å²) in [7, 11) is 1.65. The van der Waals surface area contributed by atoms with Gasteiger partial charge >= 0.3 is 0 Å². The molecule has 0 unspecified atom stereocenters. The van der Waals surface area contributed by atoms with E-state index in [0.29, 0.717) is 49.2 Å². The number of rotatable bonds is 14. The fourth-order valence-corrected chi connectivity index (χ4v) is 3.96. The van der Waals surface area contributed by atoms with Gasteiger partial charge in [0.2, 0.25) is 5.91 Å². The van der Waals surface area contributed by atoms with Gasteiger partial charge in [0.05, 0.1) is 17.5 Å². The number of aliphatic imine (C=N–C) groups is 2. The van der Waals surface area contributed by atoms with E-state index in [1.54, 1.807) is 30.3 Å². The van der Waals surface area contributed by atoms with Crippen molar-refractivity contribution in [3.05, 3.63) is 84.9 Å². The van der Waals surface area contributed by atoms with Crippen LogP contribution in [0.4, 0.5) is 11.5 Å². The van der Waals surface area contributed by atoms with E-state index in [2.05, 4.69) is 38.4 Å². The standard InChI is InChI=1S/C31H36N6O3/c1-7-25(15-16-33-20-32-6)40-27-14-12-24(19-23(27)5)36-31-29-26(34-21-35-31)13-11-22(4)30(29)39-18-10-17-37(9-3)28(38)8-2/h7-8,11-16,19-21H,1-2,9-10,17-18H2,3-6H3,(H,34,35,36)/b25-15+,32-20?,33-16?. The summed E-state index contributed by atoms with van der Waals surface area (Å²) in [5, 5.41) is 4.21. The molecule has 0 spiro atoms. The van der Waals surface area contributed by atoms with E-state index in [0.717, 1.165) is 27.7 Å². The van der Waals surface area contributed by atoms with Crippen molar-refractivity contribution in [2.24, 2.45) is 9.98 Å². The summed E-state index contributed by atoms with van der Waals surface area (Å²) >= 11 is 0. The van der Waals surface area contributed by atoms with Gasteiger partial charge in [0.15, 0.2) is 0 Å². The molecule has 1 amide bonds. The molecule has 0 fully saturated rings. The molecular formula is C31H36N6O3. The van der Waals surface area contributed by atoms with Crippen LogP contribution in [0.25, 0.3) is 10.9 Å². The highest BCUT2D eigenvalue weighted by Crippen LogP contribution is 2.35. The lowest BCUT2D eigenvalue weighted by molar-refractivity contribution is -0.125. The number of hydrogen-bond donors (Lipinski definition) is 1. The smallest absolute Gasteiger partial charge is 0.245 e. The number of carbonyl (C=O) groups excluding carboxylic acids is 1. The summed E-state index contributed by atoms with van der Waals surface area (Å²) in [5.74, 6) is 2.52. The van der Waals surface area contributed by atoms with Crippen molar-refractivity contribution in [2.45, 2.75) is 27.2 Å². The molecule has 40 heavy (non-hydrogen) atoms. The summed E-state index contributed by atoms with van der Waals surface area (Å²) in [6.45, 7) is 14.9. The molecule has 1 N–H and O–H groups in total. The van der Waals surface area contributed by atoms with Crippen LogP contribution in [0.2, 0.25) is 0 Å². The fourth-order valence-electron chi connectivity index (χ4n) is 3.96. The number of likely N-dealkylation sites (N-methyl/N-ethyl adjacent to an activating group) is 1. The van der Waals surface area contributed by atoms with Crippen molar-refractivity contribution in [1.82, 2.24) is 14.9 Å². The van der Waals surface area contributed by atoms with Crippen molar-refractivity contribution in [3.63, 3.8) is 0 Å². The number of nitrogens with zero attached hydrogens (tertiary/aromatic N) is 5. The summed E-state index contributed by atoms with van der Waals surface area (Å²) in [5.41, 5.74) is 3.49. The summed E-state index contributed by atoms with van der Waals surface area (Å²) in [4.78, 5) is 30.5. The van der Waals surface area contributed by atoms with Crippen LogP contribution in [-0.4, -0.2) is 60.1 Å². The van der Waals surface area contributed by atoms with Gasteiger partial charge in [-0.3, -0.25) is 9.79 Å². The Hall–Kier alpha value is -4.79. The third-order valence-corrected chi connectivity index (χ3v) is 6.01. The average molecular weight is 541 g/mol. The second-order valence-corrected chi connectivity index (χ2v) is 8.80. The molecule has 0 aliphatic rings. The van der Waals surface area contributed by atoms with Crippen molar-refractivity contribution in [2.75, 3.05) is 32.1 Å². The zero-order valence-corrected chi connectivity index (χ0v) is 23.6. The molecule has 208 valence electrons. The molecule has 3 rings (SSSR count). The largest absolute Gasteiger partial charge is 0.492 e. The van der Waals surface area contributed by atoms with Gasteiger partial charge in [-0.1, -0.05) is 19.2 Å². The Kier molecular flexibility index (Phi) is 11.1. The van der Waals surface area contributed by atoms with Gasteiger partial charge < -0.3 is 19.7 Å². The second kappa shape index (κ2) is 15.0. The van der Waals surface area contributed by atoms with Crippen molar-refractivity contribution >= 4 is 40.9 Å². The first-order valence-corrected chi connectivity index (χ1v) is 13.0. The average Bonchev–Trinajstić information content (AvgIpc) is 2.96. The number of fused-ring (bicyclic) bond motifs is 1. The Bertz CT molecular complexity index is 1440. The van der Waals surface area contributed by atoms with Crippen LogP contribution in [0.5, 0.6) is 11.5 Å². The van der Waals surface area contributed by atoms with Gasteiger partial charge in [0, 0.05) is 32.0 Å². The van der Waals surface area contributed by atoms with Crippen LogP contribution in [-0.2, 0) is 4.79 Å². The van der Waals surface area contributed by atoms with Crippen LogP contribution < -0.4 is 14.8 Å². The zero-order chi connectivity index (χ0) is 28.9. The summed E-state index contributed by atoms with van der Waals surface area (Å²) in [6.07, 6.45) is 9.92. The van der Waals surface area contributed by atoms with E-state index in [1.807, 2.05) is 51.1 Å². The topological polar surface area (TPSA) is 101 Å². The van der Waals surface area contributed by atoms with Gasteiger partial charge in [0.25, 0.3) is 0 Å². The second-order valence-electron chi connectivity index (χ2n) is 8.80. The van der Waals surface area contributed by atoms with Gasteiger partial charge in [-0.15, -0.1) is 0 Å². The quantitative estimate of drug-likeness (QED) is 0.0675. The zero-order valence-electron chi connectivity index (χ0n) is 23.6. The highest BCUT2D eigenvalue weighted by atomic mass is 16.5. The number of benzene rings is 2. The number of ether oxygens (including phenoxy) is 2. The molecule has 2 aromatic carbocycles. The molecule has 0 radical (unpaired) electrons. The Labute approximate surface area is 235 Å². The van der Waals surface area contributed by atoms with E-state index in [1.165, 1.54) is 18.7 Å². The summed E-state index contributed by atoms with van der Waals surface area (Å²) < 4.78 is 12.2. The Balaban J connectivity index is 1.80. The maximum absolute atomic E-state index is 11.9. The molecule has 0 bridgehead atoms. The first-order chi connectivity index (χ1) is 19.4. The van der Waals surface area contributed by atoms with E-state index in [-0.39, 0.29) is 5.91 Å². The maximum atomic E-state index is 11.9. The van der Waals surface area contributed by atoms with Gasteiger partial charge in [-0.25, -0.2) is 15.0 Å². The van der Waals surface area contributed by atoms with E-state index in [4.69, 9.17) is 9.47 Å². The van der Waals surface area contributed by atoms with Gasteiger partial charge in [-0.2, -0.15) is 0 Å². The van der Waals surface area contributed by atoms with Gasteiger partial charge in [0.1, 0.15) is 35.7 Å².